The lowest BCUT2D eigenvalue weighted by atomic mass is 10.1. The number of aliphatic hydroxyl groups excluding tert-OH is 1. The van der Waals surface area contributed by atoms with Crippen LogP contribution in [0.25, 0.3) is 0 Å². The Morgan fingerprint density at radius 2 is 1.88 bits per heavy atom. The van der Waals surface area contributed by atoms with Gasteiger partial charge in [0, 0.05) is 19.7 Å². The number of alkyl halides is 3. The lowest BCUT2D eigenvalue weighted by Gasteiger charge is -2.23. The van der Waals surface area contributed by atoms with Gasteiger partial charge in [0.2, 0.25) is 0 Å². The molecule has 0 aliphatic heterocycles. The van der Waals surface area contributed by atoms with Crippen molar-refractivity contribution in [2.75, 3.05) is 13.2 Å². The maximum Gasteiger partial charge on any atom is 0.416 e. The number of amides is 2. The molecule has 0 heterocycles. The number of hydrogen-bond donors (Lipinski definition) is 3. The fourth-order valence-corrected chi connectivity index (χ4v) is 1.91. The highest BCUT2D eigenvalue weighted by Crippen LogP contribution is 2.35. The zero-order valence-electron chi connectivity index (χ0n) is 14.0. The van der Waals surface area contributed by atoms with Gasteiger partial charge < -0.3 is 20.5 Å². The molecule has 1 aromatic carbocycles. The van der Waals surface area contributed by atoms with Gasteiger partial charge >= 0.3 is 12.2 Å². The van der Waals surface area contributed by atoms with Crippen LogP contribution in [0.4, 0.5) is 18.0 Å². The topological polar surface area (TPSA) is 70.6 Å². The Kier molecular flexibility index (Phi) is 6.89. The Balaban J connectivity index is 2.84. The van der Waals surface area contributed by atoms with Gasteiger partial charge in [-0.2, -0.15) is 13.2 Å². The molecule has 8 heteroatoms. The van der Waals surface area contributed by atoms with Crippen LogP contribution in [0.3, 0.4) is 0 Å². The normalized spacial score (nSPS) is 12.0. The van der Waals surface area contributed by atoms with Gasteiger partial charge in [0.15, 0.2) is 0 Å². The van der Waals surface area contributed by atoms with Crippen molar-refractivity contribution in [2.24, 2.45) is 0 Å². The minimum Gasteiger partial charge on any atom is -0.488 e. The number of carbonyl (C=O) groups excluding carboxylic acids is 1. The van der Waals surface area contributed by atoms with E-state index in [0.717, 1.165) is 6.07 Å². The first kappa shape index (κ1) is 20.1. The van der Waals surface area contributed by atoms with Crippen molar-refractivity contribution < 1.29 is 27.8 Å². The number of rotatable bonds is 6. The molecule has 1 rings (SSSR count). The average Bonchev–Trinajstić information content (AvgIpc) is 2.43. The number of ether oxygens (including phenoxy) is 1. The second-order valence-electron chi connectivity index (χ2n) is 6.22. The fourth-order valence-electron chi connectivity index (χ4n) is 1.91. The van der Waals surface area contributed by atoms with E-state index in [1.54, 1.807) is 20.8 Å². The molecule has 0 unspecified atom stereocenters. The van der Waals surface area contributed by atoms with Crippen LogP contribution in [0.2, 0.25) is 0 Å². The molecule has 0 radical (unpaired) electrons. The van der Waals surface area contributed by atoms with Gasteiger partial charge in [-0.05, 0) is 44.9 Å². The van der Waals surface area contributed by atoms with E-state index in [0.29, 0.717) is 6.42 Å². The second-order valence-corrected chi connectivity index (χ2v) is 6.22. The number of benzene rings is 1. The Morgan fingerprint density at radius 1 is 1.21 bits per heavy atom. The number of hydrogen-bond acceptors (Lipinski definition) is 3. The van der Waals surface area contributed by atoms with E-state index in [1.165, 1.54) is 12.1 Å². The van der Waals surface area contributed by atoms with Gasteiger partial charge in [0.25, 0.3) is 0 Å². The summed E-state index contributed by atoms with van der Waals surface area (Å²) in [7, 11) is 0. The Hall–Kier alpha value is -1.96. The number of urea groups is 1. The van der Waals surface area contributed by atoms with E-state index in [9.17, 15) is 18.0 Å². The van der Waals surface area contributed by atoms with E-state index >= 15 is 0 Å². The van der Waals surface area contributed by atoms with Crippen LogP contribution in [0.1, 0.15) is 38.3 Å². The summed E-state index contributed by atoms with van der Waals surface area (Å²) in [6, 6.07) is 3.08. The van der Waals surface area contributed by atoms with E-state index in [1.807, 2.05) is 0 Å². The van der Waals surface area contributed by atoms with Crippen LogP contribution in [-0.4, -0.2) is 29.9 Å². The average molecular weight is 348 g/mol. The molecule has 0 fully saturated rings. The predicted octanol–water partition coefficient (Wildman–Crippen LogP) is 3.06. The Bertz CT molecular complexity index is 554. The molecule has 136 valence electrons. The van der Waals surface area contributed by atoms with E-state index < -0.39 is 23.4 Å². The van der Waals surface area contributed by atoms with Gasteiger partial charge in [-0.15, -0.1) is 0 Å². The van der Waals surface area contributed by atoms with Crippen molar-refractivity contribution in [2.45, 2.75) is 45.5 Å². The zero-order valence-corrected chi connectivity index (χ0v) is 14.0. The SMILES string of the molecule is CC(C)(C)Oc1ccc(CNC(=O)NCCCO)c(C(F)(F)F)c1. The number of aliphatic hydroxyl groups is 1. The van der Waals surface area contributed by atoms with Crippen LogP contribution in [0.5, 0.6) is 5.75 Å². The molecule has 0 bridgehead atoms. The monoisotopic (exact) mass is 348 g/mol. The molecule has 0 saturated heterocycles. The summed E-state index contributed by atoms with van der Waals surface area (Å²) in [4.78, 5) is 11.5. The molecule has 0 aromatic heterocycles. The van der Waals surface area contributed by atoms with Gasteiger partial charge in [-0.1, -0.05) is 6.07 Å². The van der Waals surface area contributed by atoms with Crippen molar-refractivity contribution in [1.82, 2.24) is 10.6 Å². The van der Waals surface area contributed by atoms with Crippen molar-refractivity contribution in [1.29, 1.82) is 0 Å². The Morgan fingerprint density at radius 3 is 2.42 bits per heavy atom. The van der Waals surface area contributed by atoms with Crippen LogP contribution in [0.15, 0.2) is 18.2 Å². The van der Waals surface area contributed by atoms with Gasteiger partial charge in [0.05, 0.1) is 5.56 Å². The van der Waals surface area contributed by atoms with Crippen LogP contribution in [0, 0.1) is 0 Å². The summed E-state index contributed by atoms with van der Waals surface area (Å²) >= 11 is 0. The summed E-state index contributed by atoms with van der Waals surface area (Å²) in [5, 5.41) is 13.4. The van der Waals surface area contributed by atoms with Gasteiger partial charge in [-0.25, -0.2) is 4.79 Å². The second kappa shape index (κ2) is 8.23. The molecule has 3 N–H and O–H groups in total. The third-order valence-corrected chi connectivity index (χ3v) is 2.87. The van der Waals surface area contributed by atoms with E-state index in [4.69, 9.17) is 9.84 Å². The van der Waals surface area contributed by atoms with Crippen LogP contribution >= 0.6 is 0 Å². The molecule has 24 heavy (non-hydrogen) atoms. The molecular formula is C16H23F3N2O3. The number of nitrogens with one attached hydrogen (secondary N) is 2. The quantitative estimate of drug-likeness (QED) is 0.692. The minimum atomic E-state index is -4.55. The molecule has 5 nitrogen and oxygen atoms in total. The highest BCUT2D eigenvalue weighted by Gasteiger charge is 2.34. The van der Waals surface area contributed by atoms with E-state index in [2.05, 4.69) is 10.6 Å². The first-order valence-electron chi connectivity index (χ1n) is 7.54. The summed E-state index contributed by atoms with van der Waals surface area (Å²) < 4.78 is 45.1. The van der Waals surface area contributed by atoms with Crippen LogP contribution < -0.4 is 15.4 Å². The molecular weight excluding hydrogens is 325 g/mol. The molecule has 0 saturated carbocycles. The van der Waals surface area contributed by atoms with Gasteiger partial charge in [0.1, 0.15) is 11.4 Å². The molecule has 1 aromatic rings. The van der Waals surface area contributed by atoms with Crippen LogP contribution in [-0.2, 0) is 12.7 Å². The maximum atomic E-state index is 13.2. The Labute approximate surface area is 139 Å². The van der Waals surface area contributed by atoms with Gasteiger partial charge in [-0.3, -0.25) is 0 Å². The summed E-state index contributed by atoms with van der Waals surface area (Å²) in [5.74, 6) is 0.117. The zero-order chi connectivity index (χ0) is 18.4. The predicted molar refractivity (Wildman–Crippen MR) is 83.8 cm³/mol. The van der Waals surface area contributed by atoms with Crippen molar-refractivity contribution in [3.8, 4) is 5.75 Å². The first-order chi connectivity index (χ1) is 11.0. The standard InChI is InChI=1S/C16H23F3N2O3/c1-15(2,3)24-12-6-5-11(13(9-12)16(17,18)19)10-21-14(23)20-7-4-8-22/h5-6,9,22H,4,7-8,10H2,1-3H3,(H2,20,21,23). The van der Waals surface area contributed by atoms with Crippen molar-refractivity contribution in [3.05, 3.63) is 29.3 Å². The molecule has 2 amide bonds. The maximum absolute atomic E-state index is 13.2. The minimum absolute atomic E-state index is 0.0546. The van der Waals surface area contributed by atoms with E-state index in [-0.39, 0.29) is 31.0 Å². The number of carbonyl (C=O) groups is 1. The molecule has 0 atom stereocenters. The summed E-state index contributed by atoms with van der Waals surface area (Å²) in [5.41, 5.74) is -1.52. The number of halogens is 3. The first-order valence-corrected chi connectivity index (χ1v) is 7.54. The third-order valence-electron chi connectivity index (χ3n) is 2.87. The lowest BCUT2D eigenvalue weighted by molar-refractivity contribution is -0.138. The fraction of sp³-hybridized carbons (Fsp3) is 0.562. The summed E-state index contributed by atoms with van der Waals surface area (Å²) in [6.45, 7) is 5.13. The molecule has 0 aliphatic rings. The largest absolute Gasteiger partial charge is 0.488 e. The smallest absolute Gasteiger partial charge is 0.416 e. The summed E-state index contributed by atoms with van der Waals surface area (Å²) in [6.07, 6.45) is -4.18. The molecule has 0 aliphatic carbocycles. The van der Waals surface area contributed by atoms with Crippen molar-refractivity contribution in [3.63, 3.8) is 0 Å². The molecule has 0 spiro atoms. The lowest BCUT2D eigenvalue weighted by Crippen LogP contribution is -2.36. The third kappa shape index (κ3) is 7.08. The highest BCUT2D eigenvalue weighted by molar-refractivity contribution is 5.73. The highest BCUT2D eigenvalue weighted by atomic mass is 19.4. The van der Waals surface area contributed by atoms with Crippen molar-refractivity contribution >= 4 is 6.03 Å².